The molecule has 0 heterocycles. The first-order chi connectivity index (χ1) is 9.83. The Balaban J connectivity index is 2.58. The molecule has 0 fully saturated rings. The minimum atomic E-state index is -0.947. The van der Waals surface area contributed by atoms with Gasteiger partial charge in [-0.05, 0) is 27.9 Å². The van der Waals surface area contributed by atoms with Gasteiger partial charge in [0.25, 0.3) is 0 Å². The maximum absolute atomic E-state index is 13.4. The van der Waals surface area contributed by atoms with Crippen LogP contribution in [0.15, 0.2) is 16.6 Å². The molecule has 21 heavy (non-hydrogen) atoms. The summed E-state index contributed by atoms with van der Waals surface area (Å²) in [6.45, 7) is 1.96. The van der Waals surface area contributed by atoms with E-state index in [0.29, 0.717) is 12.5 Å². The zero-order valence-corrected chi connectivity index (χ0v) is 12.8. The van der Waals surface area contributed by atoms with E-state index in [1.165, 1.54) is 0 Å². The molecule has 1 atom stereocenters. The highest BCUT2D eigenvalue weighted by molar-refractivity contribution is 9.10. The molecular formula is C13H15BrF2N2O3. The molecule has 0 bridgehead atoms. The molecule has 1 rings (SSSR count). The third-order valence-corrected chi connectivity index (χ3v) is 3.46. The van der Waals surface area contributed by atoms with Crippen molar-refractivity contribution in [3.63, 3.8) is 0 Å². The van der Waals surface area contributed by atoms with Crippen molar-refractivity contribution in [3.8, 4) is 0 Å². The van der Waals surface area contributed by atoms with Crippen LogP contribution in [0.2, 0.25) is 0 Å². The third kappa shape index (κ3) is 5.66. The number of hydrogen-bond donors (Lipinski definition) is 3. The van der Waals surface area contributed by atoms with Crippen molar-refractivity contribution in [2.24, 2.45) is 5.92 Å². The molecule has 1 unspecified atom stereocenters. The van der Waals surface area contributed by atoms with E-state index in [2.05, 4.69) is 26.6 Å². The summed E-state index contributed by atoms with van der Waals surface area (Å²) in [6.07, 6.45) is 0.524. The summed E-state index contributed by atoms with van der Waals surface area (Å²) >= 11 is 2.89. The van der Waals surface area contributed by atoms with Gasteiger partial charge >= 0.3 is 12.0 Å². The molecule has 1 aromatic carbocycles. The summed E-state index contributed by atoms with van der Waals surface area (Å²) in [5, 5.41) is 13.4. The molecule has 8 heteroatoms. The lowest BCUT2D eigenvalue weighted by Crippen LogP contribution is -2.33. The van der Waals surface area contributed by atoms with Crippen LogP contribution in [-0.2, 0) is 4.79 Å². The lowest BCUT2D eigenvalue weighted by atomic mass is 10.0. The number of carboxylic acid groups (broad SMARTS) is 1. The monoisotopic (exact) mass is 364 g/mol. The van der Waals surface area contributed by atoms with Gasteiger partial charge in [-0.25, -0.2) is 13.6 Å². The van der Waals surface area contributed by atoms with E-state index < -0.39 is 23.6 Å². The number of anilines is 1. The third-order valence-electron chi connectivity index (χ3n) is 2.85. The summed E-state index contributed by atoms with van der Waals surface area (Å²) in [5.74, 6) is -2.83. The normalized spacial score (nSPS) is 11.8. The molecule has 0 aromatic heterocycles. The highest BCUT2D eigenvalue weighted by Crippen LogP contribution is 2.23. The zero-order valence-electron chi connectivity index (χ0n) is 11.3. The second-order valence-corrected chi connectivity index (χ2v) is 5.31. The van der Waals surface area contributed by atoms with Gasteiger partial charge < -0.3 is 15.7 Å². The first kappa shape index (κ1) is 17.4. The van der Waals surface area contributed by atoms with Gasteiger partial charge in [-0.1, -0.05) is 13.3 Å². The number of rotatable bonds is 6. The first-order valence-corrected chi connectivity index (χ1v) is 7.04. The van der Waals surface area contributed by atoms with Gasteiger partial charge in [0.2, 0.25) is 0 Å². The molecular weight excluding hydrogens is 350 g/mol. The van der Waals surface area contributed by atoms with Crippen molar-refractivity contribution in [1.29, 1.82) is 0 Å². The van der Waals surface area contributed by atoms with Crippen molar-refractivity contribution < 1.29 is 23.5 Å². The fraction of sp³-hybridized carbons (Fsp3) is 0.385. The van der Waals surface area contributed by atoms with Crippen LogP contribution in [0.1, 0.15) is 19.8 Å². The Hall–Kier alpha value is -1.70. The zero-order chi connectivity index (χ0) is 16.0. The number of aliphatic carboxylic acids is 1. The smallest absolute Gasteiger partial charge is 0.319 e. The van der Waals surface area contributed by atoms with E-state index in [-0.39, 0.29) is 29.0 Å². The van der Waals surface area contributed by atoms with Crippen molar-refractivity contribution in [1.82, 2.24) is 5.32 Å². The predicted molar refractivity (Wildman–Crippen MR) is 77.1 cm³/mol. The lowest BCUT2D eigenvalue weighted by Gasteiger charge is -2.14. The van der Waals surface area contributed by atoms with Gasteiger partial charge in [-0.3, -0.25) is 4.79 Å². The van der Waals surface area contributed by atoms with Gasteiger partial charge in [-0.2, -0.15) is 0 Å². The molecule has 2 amide bonds. The Morgan fingerprint density at radius 1 is 1.33 bits per heavy atom. The van der Waals surface area contributed by atoms with E-state index >= 15 is 0 Å². The topological polar surface area (TPSA) is 78.4 Å². The minimum Gasteiger partial charge on any atom is -0.481 e. The molecule has 5 nitrogen and oxygen atoms in total. The molecule has 0 aliphatic heterocycles. The minimum absolute atomic E-state index is 0.0245. The molecule has 1 aromatic rings. The van der Waals surface area contributed by atoms with E-state index in [1.54, 1.807) is 0 Å². The van der Waals surface area contributed by atoms with Crippen LogP contribution in [0.4, 0.5) is 19.3 Å². The molecule has 0 radical (unpaired) electrons. The van der Waals surface area contributed by atoms with E-state index in [4.69, 9.17) is 5.11 Å². The van der Waals surface area contributed by atoms with Crippen LogP contribution in [0.3, 0.4) is 0 Å². The number of carbonyl (C=O) groups is 2. The van der Waals surface area contributed by atoms with Crippen molar-refractivity contribution in [2.45, 2.75) is 19.8 Å². The number of nitrogens with one attached hydrogen (secondary N) is 2. The lowest BCUT2D eigenvalue weighted by molar-refractivity contribution is -0.138. The molecule has 0 aliphatic rings. The van der Waals surface area contributed by atoms with Gasteiger partial charge in [0, 0.05) is 19.0 Å². The highest BCUT2D eigenvalue weighted by atomic mass is 79.9. The van der Waals surface area contributed by atoms with Crippen LogP contribution in [-0.4, -0.2) is 23.7 Å². The number of carboxylic acids is 1. The fourth-order valence-electron chi connectivity index (χ4n) is 1.63. The van der Waals surface area contributed by atoms with Gasteiger partial charge in [0.15, 0.2) is 0 Å². The van der Waals surface area contributed by atoms with E-state index in [0.717, 1.165) is 6.07 Å². The maximum atomic E-state index is 13.4. The SMILES string of the molecule is CCC(CNC(=O)Nc1cc(Br)c(F)cc1F)CC(=O)O. The summed E-state index contributed by atoms with van der Waals surface area (Å²) in [4.78, 5) is 22.2. The molecule has 116 valence electrons. The standard InChI is InChI=1S/C13H15BrF2N2O3/c1-2-7(3-12(19)20)6-17-13(21)18-11-4-8(14)9(15)5-10(11)16/h4-5,7H,2-3,6H2,1H3,(H,19,20)(H2,17,18,21). The number of urea groups is 1. The quantitative estimate of drug-likeness (QED) is 0.677. The Morgan fingerprint density at radius 2 is 2.00 bits per heavy atom. The fourth-order valence-corrected chi connectivity index (χ4v) is 1.97. The number of benzene rings is 1. The average molecular weight is 365 g/mol. The van der Waals surface area contributed by atoms with Crippen LogP contribution in [0.25, 0.3) is 0 Å². The second kappa shape index (κ2) is 7.92. The molecule has 3 N–H and O–H groups in total. The second-order valence-electron chi connectivity index (χ2n) is 4.45. The largest absolute Gasteiger partial charge is 0.481 e. The Bertz CT molecular complexity index is 540. The van der Waals surface area contributed by atoms with Gasteiger partial charge in [-0.15, -0.1) is 0 Å². The van der Waals surface area contributed by atoms with Crippen LogP contribution < -0.4 is 10.6 Å². The number of halogens is 3. The van der Waals surface area contributed by atoms with Crippen molar-refractivity contribution >= 4 is 33.6 Å². The predicted octanol–water partition coefficient (Wildman–Crippen LogP) is 3.35. The number of amides is 2. The summed E-state index contributed by atoms with van der Waals surface area (Å²) in [5.41, 5.74) is -0.174. The highest BCUT2D eigenvalue weighted by Gasteiger charge is 2.14. The summed E-state index contributed by atoms with van der Waals surface area (Å²) in [6, 6.07) is 1.08. The van der Waals surface area contributed by atoms with Crippen LogP contribution in [0, 0.1) is 17.6 Å². The maximum Gasteiger partial charge on any atom is 0.319 e. The molecule has 0 spiro atoms. The van der Waals surface area contributed by atoms with E-state index in [9.17, 15) is 18.4 Å². The van der Waals surface area contributed by atoms with Crippen molar-refractivity contribution in [3.05, 3.63) is 28.2 Å². The Kier molecular flexibility index (Phi) is 6.54. The first-order valence-electron chi connectivity index (χ1n) is 6.24. The average Bonchev–Trinajstić information content (AvgIpc) is 2.40. The Labute approximate surface area is 128 Å². The van der Waals surface area contributed by atoms with E-state index in [1.807, 2.05) is 6.92 Å². The molecule has 0 saturated heterocycles. The van der Waals surface area contributed by atoms with Gasteiger partial charge in [0.1, 0.15) is 11.6 Å². The van der Waals surface area contributed by atoms with Crippen molar-refractivity contribution in [2.75, 3.05) is 11.9 Å². The van der Waals surface area contributed by atoms with Crippen LogP contribution in [0.5, 0.6) is 0 Å². The number of carbonyl (C=O) groups excluding carboxylic acids is 1. The van der Waals surface area contributed by atoms with Gasteiger partial charge in [0.05, 0.1) is 10.2 Å². The molecule has 0 saturated carbocycles. The van der Waals surface area contributed by atoms with Crippen LogP contribution >= 0.6 is 15.9 Å². The molecule has 0 aliphatic carbocycles. The summed E-state index contributed by atoms with van der Waals surface area (Å²) < 4.78 is 26.5. The Morgan fingerprint density at radius 3 is 2.57 bits per heavy atom. The number of hydrogen-bond acceptors (Lipinski definition) is 2. The summed E-state index contributed by atoms with van der Waals surface area (Å²) in [7, 11) is 0.